The van der Waals surface area contributed by atoms with Gasteiger partial charge in [-0.25, -0.2) is 4.39 Å². The Morgan fingerprint density at radius 1 is 1.18 bits per heavy atom. The third-order valence-electron chi connectivity index (χ3n) is 4.95. The number of amides is 1. The van der Waals surface area contributed by atoms with Gasteiger partial charge < -0.3 is 11.1 Å². The lowest BCUT2D eigenvalue weighted by atomic mass is 10.0. The van der Waals surface area contributed by atoms with Crippen LogP contribution >= 0.6 is 11.3 Å². The molecule has 0 fully saturated rings. The maximum absolute atomic E-state index is 14.3. The first-order valence-electron chi connectivity index (χ1n) is 9.60. The quantitative estimate of drug-likeness (QED) is 0.331. The molecule has 0 aliphatic carbocycles. The standard InChI is InChI=1S/C22H16F4N4O2S/c1-11(12-8-13(22(24,25)26)10-14(27)9-12)28-20(31)18-19-15(6-7-33-19)21(32)30(29-18)17-5-3-2-4-16(17)23/h2-11H,27H2,1H3,(H,28,31). The maximum Gasteiger partial charge on any atom is 0.416 e. The van der Waals surface area contributed by atoms with Gasteiger partial charge >= 0.3 is 6.18 Å². The summed E-state index contributed by atoms with van der Waals surface area (Å²) in [5, 5.41) is 8.43. The maximum atomic E-state index is 14.3. The first-order valence-corrected chi connectivity index (χ1v) is 10.5. The summed E-state index contributed by atoms with van der Waals surface area (Å²) >= 11 is 1.10. The van der Waals surface area contributed by atoms with Crippen LogP contribution in [0.5, 0.6) is 0 Å². The van der Waals surface area contributed by atoms with Crippen LogP contribution in [-0.2, 0) is 6.18 Å². The van der Waals surface area contributed by atoms with Crippen molar-refractivity contribution in [2.24, 2.45) is 0 Å². The number of nitrogen functional groups attached to an aromatic ring is 1. The van der Waals surface area contributed by atoms with Crippen molar-refractivity contribution in [2.75, 3.05) is 5.73 Å². The Labute approximate surface area is 188 Å². The molecule has 1 unspecified atom stereocenters. The molecule has 1 amide bonds. The molecule has 0 aliphatic rings. The average Bonchev–Trinajstić information content (AvgIpc) is 3.24. The van der Waals surface area contributed by atoms with Crippen molar-refractivity contribution in [3.05, 3.63) is 86.9 Å². The molecule has 33 heavy (non-hydrogen) atoms. The Hall–Kier alpha value is -3.73. The highest BCUT2D eigenvalue weighted by Gasteiger charge is 2.31. The molecule has 1 atom stereocenters. The minimum Gasteiger partial charge on any atom is -0.399 e. The zero-order valence-electron chi connectivity index (χ0n) is 17.0. The number of nitrogens with zero attached hydrogens (tertiary/aromatic N) is 2. The lowest BCUT2D eigenvalue weighted by molar-refractivity contribution is -0.137. The van der Waals surface area contributed by atoms with Gasteiger partial charge in [0.05, 0.1) is 21.7 Å². The molecule has 0 aliphatic heterocycles. The highest BCUT2D eigenvalue weighted by atomic mass is 32.1. The second kappa shape index (κ2) is 8.32. The van der Waals surface area contributed by atoms with E-state index in [1.165, 1.54) is 37.3 Å². The van der Waals surface area contributed by atoms with Crippen LogP contribution in [0, 0.1) is 5.82 Å². The summed E-state index contributed by atoms with van der Waals surface area (Å²) in [5.41, 5.74) is 3.81. The van der Waals surface area contributed by atoms with Crippen molar-refractivity contribution in [3.63, 3.8) is 0 Å². The fourth-order valence-electron chi connectivity index (χ4n) is 3.34. The average molecular weight is 476 g/mol. The number of thiophene rings is 1. The number of hydrogen-bond donors (Lipinski definition) is 2. The molecule has 0 radical (unpaired) electrons. The van der Waals surface area contributed by atoms with E-state index in [4.69, 9.17) is 5.73 Å². The predicted octanol–water partition coefficient (Wildman–Crippen LogP) is 4.68. The van der Waals surface area contributed by atoms with Crippen molar-refractivity contribution in [3.8, 4) is 5.69 Å². The van der Waals surface area contributed by atoms with Crippen molar-refractivity contribution in [2.45, 2.75) is 19.1 Å². The van der Waals surface area contributed by atoms with Crippen LogP contribution in [0.1, 0.15) is 34.6 Å². The third kappa shape index (κ3) is 4.31. The number of carbonyl (C=O) groups is 1. The van der Waals surface area contributed by atoms with Gasteiger partial charge in [-0.05, 0) is 54.3 Å². The van der Waals surface area contributed by atoms with Gasteiger partial charge in [-0.1, -0.05) is 12.1 Å². The highest BCUT2D eigenvalue weighted by molar-refractivity contribution is 7.17. The van der Waals surface area contributed by atoms with Crippen LogP contribution < -0.4 is 16.6 Å². The van der Waals surface area contributed by atoms with E-state index in [-0.39, 0.29) is 32.7 Å². The van der Waals surface area contributed by atoms with Crippen LogP contribution in [0.25, 0.3) is 15.8 Å². The normalized spacial score (nSPS) is 12.6. The van der Waals surface area contributed by atoms with E-state index in [0.29, 0.717) is 0 Å². The number of hydrogen-bond acceptors (Lipinski definition) is 5. The van der Waals surface area contributed by atoms with Crippen molar-refractivity contribution >= 4 is 33.0 Å². The first-order chi connectivity index (χ1) is 15.6. The number of nitrogens with one attached hydrogen (secondary N) is 1. The molecule has 0 spiro atoms. The Bertz CT molecular complexity index is 1430. The second-order valence-corrected chi connectivity index (χ2v) is 8.18. The predicted molar refractivity (Wildman–Crippen MR) is 117 cm³/mol. The molecule has 4 rings (SSSR count). The molecular formula is C22H16F4N4O2S. The molecule has 0 saturated heterocycles. The minimum atomic E-state index is -4.60. The molecule has 170 valence electrons. The van der Waals surface area contributed by atoms with Gasteiger partial charge in [0.15, 0.2) is 5.69 Å². The lowest BCUT2D eigenvalue weighted by Crippen LogP contribution is -2.31. The number of aromatic nitrogens is 2. The number of alkyl halides is 3. The third-order valence-corrected chi connectivity index (χ3v) is 5.87. The molecular weight excluding hydrogens is 460 g/mol. The van der Waals surface area contributed by atoms with Gasteiger partial charge in [-0.15, -0.1) is 11.3 Å². The number of rotatable bonds is 4. The molecule has 0 bridgehead atoms. The van der Waals surface area contributed by atoms with Crippen molar-refractivity contribution in [1.82, 2.24) is 15.1 Å². The van der Waals surface area contributed by atoms with Crippen LogP contribution in [-0.4, -0.2) is 15.7 Å². The van der Waals surface area contributed by atoms with E-state index in [9.17, 15) is 27.2 Å². The van der Waals surface area contributed by atoms with E-state index >= 15 is 0 Å². The fourth-order valence-corrected chi connectivity index (χ4v) is 4.21. The Balaban J connectivity index is 1.75. The zero-order chi connectivity index (χ0) is 23.9. The van der Waals surface area contributed by atoms with Crippen LogP contribution in [0.3, 0.4) is 0 Å². The number of fused-ring (bicyclic) bond motifs is 1. The summed E-state index contributed by atoms with van der Waals surface area (Å²) in [6.07, 6.45) is -4.60. The monoisotopic (exact) mass is 476 g/mol. The van der Waals surface area contributed by atoms with Crippen LogP contribution in [0.15, 0.2) is 58.7 Å². The number of anilines is 1. The van der Waals surface area contributed by atoms with Gasteiger partial charge in [0.1, 0.15) is 11.5 Å². The topological polar surface area (TPSA) is 90.0 Å². The molecule has 2 aromatic heterocycles. The Kier molecular flexibility index (Phi) is 5.66. The summed E-state index contributed by atoms with van der Waals surface area (Å²) in [6.45, 7) is 1.49. The Morgan fingerprint density at radius 2 is 1.91 bits per heavy atom. The summed E-state index contributed by atoms with van der Waals surface area (Å²) in [5.74, 6) is -1.45. The molecule has 3 N–H and O–H groups in total. The smallest absolute Gasteiger partial charge is 0.399 e. The van der Waals surface area contributed by atoms with E-state index in [2.05, 4.69) is 10.4 Å². The lowest BCUT2D eigenvalue weighted by Gasteiger charge is -2.17. The largest absolute Gasteiger partial charge is 0.416 e. The minimum absolute atomic E-state index is 0.104. The number of carbonyl (C=O) groups excluding carboxylic acids is 1. The van der Waals surface area contributed by atoms with E-state index < -0.39 is 35.1 Å². The molecule has 2 heterocycles. The van der Waals surface area contributed by atoms with Crippen LogP contribution in [0.4, 0.5) is 23.2 Å². The second-order valence-electron chi connectivity index (χ2n) is 7.26. The summed E-state index contributed by atoms with van der Waals surface area (Å²) < 4.78 is 54.8. The Morgan fingerprint density at radius 3 is 2.61 bits per heavy atom. The van der Waals surface area contributed by atoms with E-state index in [0.717, 1.165) is 34.2 Å². The number of nitrogens with two attached hydrogens (primary N) is 1. The van der Waals surface area contributed by atoms with Crippen LogP contribution in [0.2, 0.25) is 0 Å². The zero-order valence-corrected chi connectivity index (χ0v) is 17.8. The first kappa shape index (κ1) is 22.5. The van der Waals surface area contributed by atoms with Gasteiger partial charge in [0, 0.05) is 5.69 Å². The van der Waals surface area contributed by atoms with Crippen molar-refractivity contribution in [1.29, 1.82) is 0 Å². The number of benzene rings is 2. The molecule has 4 aromatic rings. The molecule has 2 aromatic carbocycles. The summed E-state index contributed by atoms with van der Waals surface area (Å²) in [4.78, 5) is 25.9. The summed E-state index contributed by atoms with van der Waals surface area (Å²) in [6, 6.07) is 9.12. The SMILES string of the molecule is CC(NC(=O)c1nn(-c2ccccc2F)c(=O)c2ccsc12)c1cc(N)cc(C(F)(F)F)c1. The van der Waals surface area contributed by atoms with E-state index in [1.807, 2.05) is 0 Å². The van der Waals surface area contributed by atoms with Gasteiger partial charge in [0.2, 0.25) is 0 Å². The fraction of sp³-hybridized carbons (Fsp3) is 0.136. The van der Waals surface area contributed by atoms with Gasteiger partial charge in [0.25, 0.3) is 11.5 Å². The van der Waals surface area contributed by atoms with E-state index in [1.54, 1.807) is 5.38 Å². The number of para-hydroxylation sites is 1. The molecule has 6 nitrogen and oxygen atoms in total. The number of halogens is 4. The highest BCUT2D eigenvalue weighted by Crippen LogP contribution is 2.33. The van der Waals surface area contributed by atoms with Gasteiger partial charge in [-0.2, -0.15) is 23.0 Å². The summed E-state index contributed by atoms with van der Waals surface area (Å²) in [7, 11) is 0. The van der Waals surface area contributed by atoms with Gasteiger partial charge in [-0.3, -0.25) is 9.59 Å². The molecule has 0 saturated carbocycles. The molecule has 11 heteroatoms. The van der Waals surface area contributed by atoms with Crippen molar-refractivity contribution < 1.29 is 22.4 Å².